The number of aromatic nitrogens is 2. The number of halogens is 4. The second-order valence-electron chi connectivity index (χ2n) is 6.15. The molecule has 1 aliphatic rings. The first-order valence-corrected chi connectivity index (χ1v) is 7.44. The van der Waals surface area contributed by atoms with Gasteiger partial charge in [0.15, 0.2) is 0 Å². The monoisotopic (exact) mass is 330 g/mol. The van der Waals surface area contributed by atoms with Gasteiger partial charge in [-0.2, -0.15) is 17.6 Å². The van der Waals surface area contributed by atoms with Gasteiger partial charge in [0, 0.05) is 10.8 Å². The number of pyridine rings is 1. The fourth-order valence-corrected chi connectivity index (χ4v) is 3.73. The summed E-state index contributed by atoms with van der Waals surface area (Å²) in [4.78, 5) is 4.04. The molecule has 1 aliphatic heterocycles. The van der Waals surface area contributed by atoms with Crippen LogP contribution in [0.5, 0.6) is 0 Å². The Labute approximate surface area is 133 Å². The molecule has 0 spiro atoms. The van der Waals surface area contributed by atoms with Crippen molar-refractivity contribution in [3.63, 3.8) is 0 Å². The molecule has 0 unspecified atom stereocenters. The van der Waals surface area contributed by atoms with Gasteiger partial charge in [-0.1, -0.05) is 36.4 Å². The molecule has 0 N–H and O–H groups in total. The van der Waals surface area contributed by atoms with Crippen LogP contribution in [0.1, 0.15) is 16.8 Å². The van der Waals surface area contributed by atoms with E-state index in [0.717, 1.165) is 23.2 Å². The Morgan fingerprint density at radius 3 is 2.38 bits per heavy atom. The van der Waals surface area contributed by atoms with Crippen LogP contribution >= 0.6 is 0 Å². The van der Waals surface area contributed by atoms with Gasteiger partial charge in [0.2, 0.25) is 0 Å². The molecule has 0 aliphatic carbocycles. The summed E-state index contributed by atoms with van der Waals surface area (Å²) in [6.45, 7) is 1.79. The Hall–Kier alpha value is -2.63. The van der Waals surface area contributed by atoms with Crippen LogP contribution in [0.25, 0.3) is 27.3 Å². The van der Waals surface area contributed by atoms with Crippen LogP contribution in [-0.2, 0) is 11.8 Å². The first kappa shape index (κ1) is 13.8. The van der Waals surface area contributed by atoms with Gasteiger partial charge in [-0.15, -0.1) is 0 Å². The van der Waals surface area contributed by atoms with Crippen LogP contribution < -0.4 is 0 Å². The molecular formula is C18H10F4N2. The summed E-state index contributed by atoms with van der Waals surface area (Å²) in [5, 5.41) is 1.96. The molecule has 0 amide bonds. The highest BCUT2D eigenvalue weighted by molar-refractivity contribution is 6.14. The second-order valence-corrected chi connectivity index (χ2v) is 6.15. The lowest BCUT2D eigenvalue weighted by Gasteiger charge is -2.32. The van der Waals surface area contributed by atoms with Crippen LogP contribution in [0.3, 0.4) is 0 Å². The number of aryl methyl sites for hydroxylation is 1. The molecule has 0 saturated heterocycles. The van der Waals surface area contributed by atoms with Gasteiger partial charge < -0.3 is 0 Å². The van der Waals surface area contributed by atoms with Crippen molar-refractivity contribution in [1.29, 1.82) is 0 Å². The van der Waals surface area contributed by atoms with E-state index in [2.05, 4.69) is 4.98 Å². The summed E-state index contributed by atoms with van der Waals surface area (Å²) in [7, 11) is 0. The minimum atomic E-state index is -4.32. The maximum absolute atomic E-state index is 14.6. The largest absolute Gasteiger partial charge is 0.356 e. The van der Waals surface area contributed by atoms with Crippen molar-refractivity contribution in [1.82, 2.24) is 9.38 Å². The summed E-state index contributed by atoms with van der Waals surface area (Å²) in [6.07, 6.45) is 0.862. The molecule has 0 fully saturated rings. The minimum Gasteiger partial charge on any atom is -0.290 e. The lowest BCUT2D eigenvalue weighted by Crippen LogP contribution is -2.40. The quantitative estimate of drug-likeness (QED) is 0.322. The zero-order valence-electron chi connectivity index (χ0n) is 12.4. The minimum absolute atomic E-state index is 0.118. The first-order chi connectivity index (χ1) is 11.4. The van der Waals surface area contributed by atoms with Crippen molar-refractivity contribution < 1.29 is 17.6 Å². The maximum Gasteiger partial charge on any atom is 0.356 e. The number of alkyl halides is 4. The van der Waals surface area contributed by atoms with Crippen molar-refractivity contribution in [3.8, 4) is 0 Å². The third-order valence-corrected chi connectivity index (χ3v) is 4.86. The highest BCUT2D eigenvalue weighted by atomic mass is 19.3. The fourth-order valence-electron chi connectivity index (χ4n) is 3.73. The Morgan fingerprint density at radius 1 is 0.917 bits per heavy atom. The molecule has 2 aromatic heterocycles. The number of rotatable bonds is 0. The summed E-state index contributed by atoms with van der Waals surface area (Å²) in [5.74, 6) is -8.60. The Morgan fingerprint density at radius 2 is 1.62 bits per heavy atom. The molecule has 0 saturated carbocycles. The molecule has 4 aromatic rings. The molecule has 5 rings (SSSR count). The number of nitrogens with zero attached hydrogens (tertiary/aromatic N) is 2. The second kappa shape index (κ2) is 3.88. The predicted octanol–water partition coefficient (Wildman–Crippen LogP) is 5.15. The van der Waals surface area contributed by atoms with Gasteiger partial charge in [0.1, 0.15) is 11.3 Å². The lowest BCUT2D eigenvalue weighted by atomic mass is 9.90. The molecule has 2 aromatic carbocycles. The number of fused-ring (bicyclic) bond motifs is 3. The lowest BCUT2D eigenvalue weighted by molar-refractivity contribution is -0.227. The summed E-state index contributed by atoms with van der Waals surface area (Å²) < 4.78 is 59.3. The van der Waals surface area contributed by atoms with Crippen molar-refractivity contribution in [2.24, 2.45) is 0 Å². The SMILES string of the molecule is Cc1ccc2c3c1c1ccccc1c1ncc(n13)C(F)(F)C2(F)F. The van der Waals surface area contributed by atoms with Crippen molar-refractivity contribution in [2.45, 2.75) is 18.8 Å². The Kier molecular flexibility index (Phi) is 2.23. The van der Waals surface area contributed by atoms with E-state index in [0.29, 0.717) is 10.8 Å². The van der Waals surface area contributed by atoms with Crippen LogP contribution in [0.15, 0.2) is 42.6 Å². The van der Waals surface area contributed by atoms with E-state index in [9.17, 15) is 17.6 Å². The molecule has 2 nitrogen and oxygen atoms in total. The predicted molar refractivity (Wildman–Crippen MR) is 82.7 cm³/mol. The van der Waals surface area contributed by atoms with Crippen LogP contribution in [0, 0.1) is 6.92 Å². The third-order valence-electron chi connectivity index (χ3n) is 4.86. The zero-order valence-corrected chi connectivity index (χ0v) is 12.4. The fraction of sp³-hybridized carbons (Fsp3) is 0.167. The van der Waals surface area contributed by atoms with Crippen molar-refractivity contribution in [2.75, 3.05) is 0 Å². The summed E-state index contributed by atoms with van der Waals surface area (Å²) in [6, 6.07) is 9.73. The summed E-state index contributed by atoms with van der Waals surface area (Å²) in [5.41, 5.74) is -0.277. The first-order valence-electron chi connectivity index (χ1n) is 7.44. The van der Waals surface area contributed by atoms with Crippen LogP contribution in [0.2, 0.25) is 0 Å². The van der Waals surface area contributed by atoms with E-state index >= 15 is 0 Å². The summed E-state index contributed by atoms with van der Waals surface area (Å²) >= 11 is 0. The molecule has 3 heterocycles. The van der Waals surface area contributed by atoms with Crippen LogP contribution in [0.4, 0.5) is 17.6 Å². The molecule has 6 heteroatoms. The van der Waals surface area contributed by atoms with Gasteiger partial charge in [-0.25, -0.2) is 4.98 Å². The highest BCUT2D eigenvalue weighted by Gasteiger charge is 2.63. The number of hydrogen-bond donors (Lipinski definition) is 0. The van der Waals surface area contributed by atoms with Gasteiger partial charge in [0.25, 0.3) is 0 Å². The molecule has 0 radical (unpaired) electrons. The topological polar surface area (TPSA) is 17.3 Å². The standard InChI is InChI=1S/C18H10F4N2/c1-9-6-7-12-15-14(9)10-4-2-3-5-11(10)16-23-8-13(24(15)16)18(21,22)17(12,19)20/h2-8H,1H3. The van der Waals surface area contributed by atoms with Gasteiger partial charge in [0.05, 0.1) is 17.3 Å². The van der Waals surface area contributed by atoms with E-state index < -0.39 is 23.1 Å². The normalized spacial score (nSPS) is 18.0. The maximum atomic E-state index is 14.6. The third kappa shape index (κ3) is 1.28. The number of imidazole rings is 1. The molecule has 0 atom stereocenters. The molecule has 24 heavy (non-hydrogen) atoms. The van der Waals surface area contributed by atoms with Gasteiger partial charge >= 0.3 is 11.8 Å². The average molecular weight is 330 g/mol. The number of benzene rings is 2. The van der Waals surface area contributed by atoms with Crippen LogP contribution in [-0.4, -0.2) is 9.38 Å². The molecular weight excluding hydrogens is 320 g/mol. The van der Waals surface area contributed by atoms with E-state index in [1.165, 1.54) is 10.5 Å². The van der Waals surface area contributed by atoms with E-state index in [-0.39, 0.29) is 11.2 Å². The molecule has 0 bridgehead atoms. The van der Waals surface area contributed by atoms with E-state index in [4.69, 9.17) is 0 Å². The zero-order chi connectivity index (χ0) is 16.9. The van der Waals surface area contributed by atoms with Gasteiger partial charge in [-0.3, -0.25) is 4.40 Å². The Balaban J connectivity index is 2.24. The van der Waals surface area contributed by atoms with Gasteiger partial charge in [-0.05, 0) is 17.9 Å². The average Bonchev–Trinajstić information content (AvgIpc) is 2.99. The smallest absolute Gasteiger partial charge is 0.290 e. The van der Waals surface area contributed by atoms with E-state index in [1.807, 2.05) is 0 Å². The van der Waals surface area contributed by atoms with Crippen molar-refractivity contribution >= 4 is 27.3 Å². The Bertz CT molecular complexity index is 1170. The number of hydrogen-bond acceptors (Lipinski definition) is 1. The highest BCUT2D eigenvalue weighted by Crippen LogP contribution is 2.55. The molecule has 120 valence electrons. The van der Waals surface area contributed by atoms with E-state index in [1.54, 1.807) is 31.2 Å². The van der Waals surface area contributed by atoms with Crippen molar-refractivity contribution in [3.05, 3.63) is 59.4 Å².